The van der Waals surface area contributed by atoms with E-state index in [1.807, 2.05) is 0 Å². The quantitative estimate of drug-likeness (QED) is 0.205. The molecule has 1 amide bonds. The molecule has 5 aromatic rings. The van der Waals surface area contributed by atoms with Crippen molar-refractivity contribution >= 4 is 28.2 Å². The number of halogens is 4. The number of nitrogens with zero attached hydrogens (tertiary/aromatic N) is 4. The van der Waals surface area contributed by atoms with Gasteiger partial charge in [0.15, 0.2) is 5.69 Å². The van der Waals surface area contributed by atoms with E-state index in [0.29, 0.717) is 34.7 Å². The number of benzene rings is 2. The van der Waals surface area contributed by atoms with Crippen molar-refractivity contribution in [2.45, 2.75) is 37.9 Å². The second-order valence-corrected chi connectivity index (χ2v) is 10.6. The molecule has 1 aliphatic carbocycles. The van der Waals surface area contributed by atoms with E-state index in [9.17, 15) is 22.8 Å². The number of rotatable bonds is 8. The molecule has 1 fully saturated rings. The minimum absolute atomic E-state index is 0.130. The maximum Gasteiger partial charge on any atom is 0.435 e. The van der Waals surface area contributed by atoms with Crippen LogP contribution in [0.2, 0.25) is 0 Å². The van der Waals surface area contributed by atoms with Crippen molar-refractivity contribution in [2.75, 3.05) is 11.1 Å². The highest BCUT2D eigenvalue weighted by atomic mass is 19.4. The number of nitrogens with two attached hydrogens (primary N) is 1. The smallest absolute Gasteiger partial charge is 0.383 e. The summed E-state index contributed by atoms with van der Waals surface area (Å²) in [6.07, 6.45) is 2.04. The van der Waals surface area contributed by atoms with E-state index in [4.69, 9.17) is 5.73 Å². The first-order valence-corrected chi connectivity index (χ1v) is 13.7. The molecule has 12 heteroatoms. The van der Waals surface area contributed by atoms with Crippen LogP contribution < -0.4 is 16.6 Å². The number of aromatic nitrogens is 4. The number of amides is 1. The van der Waals surface area contributed by atoms with E-state index < -0.39 is 35.3 Å². The van der Waals surface area contributed by atoms with E-state index in [2.05, 4.69) is 15.4 Å². The van der Waals surface area contributed by atoms with E-state index >= 15 is 4.39 Å². The molecule has 8 nitrogen and oxygen atoms in total. The number of anilines is 2. The third-order valence-electron chi connectivity index (χ3n) is 7.61. The molecule has 1 unspecified atom stereocenters. The summed E-state index contributed by atoms with van der Waals surface area (Å²) in [5.41, 5.74) is 4.44. The molecule has 3 heterocycles. The average Bonchev–Trinajstić information content (AvgIpc) is 3.69. The van der Waals surface area contributed by atoms with Gasteiger partial charge in [0.05, 0.1) is 17.4 Å². The number of fused-ring (bicyclic) bond motifs is 1. The minimum Gasteiger partial charge on any atom is -0.383 e. The summed E-state index contributed by atoms with van der Waals surface area (Å²) >= 11 is 0. The SMILES string of the molecule is Nc1nccc2ccc(-n3nc(C(F)(F)F)cc3C(=O)Nc3cc(C(CCC4CC4)n4ccccc4=O)ccc3F)cc12. The third-order valence-corrected chi connectivity index (χ3v) is 7.61. The second-order valence-electron chi connectivity index (χ2n) is 10.6. The Morgan fingerprint density at radius 2 is 1.88 bits per heavy atom. The Balaban J connectivity index is 1.37. The number of carbonyl (C=O) groups is 1. The molecule has 1 atom stereocenters. The van der Waals surface area contributed by atoms with Gasteiger partial charge in [0, 0.05) is 29.9 Å². The minimum atomic E-state index is -4.85. The molecular weight excluding hydrogens is 564 g/mol. The summed E-state index contributed by atoms with van der Waals surface area (Å²) in [6, 6.07) is 15.4. The van der Waals surface area contributed by atoms with Crippen molar-refractivity contribution in [3.05, 3.63) is 112 Å². The lowest BCUT2D eigenvalue weighted by Gasteiger charge is -2.21. The first-order chi connectivity index (χ1) is 20.6. The van der Waals surface area contributed by atoms with E-state index in [1.54, 1.807) is 41.1 Å². The second kappa shape index (κ2) is 11.0. The lowest BCUT2D eigenvalue weighted by Crippen LogP contribution is -2.24. The molecule has 0 aliphatic heterocycles. The van der Waals surface area contributed by atoms with Gasteiger partial charge in [-0.3, -0.25) is 9.59 Å². The molecule has 2 aromatic carbocycles. The zero-order valence-electron chi connectivity index (χ0n) is 22.7. The Hall–Kier alpha value is -5.00. The van der Waals surface area contributed by atoms with Crippen LogP contribution in [-0.4, -0.2) is 25.2 Å². The van der Waals surface area contributed by atoms with Crippen LogP contribution in [-0.2, 0) is 6.18 Å². The van der Waals surface area contributed by atoms with Crippen molar-refractivity contribution in [2.24, 2.45) is 5.92 Å². The van der Waals surface area contributed by atoms with Crippen LogP contribution in [0.4, 0.5) is 29.1 Å². The van der Waals surface area contributed by atoms with Gasteiger partial charge >= 0.3 is 6.18 Å². The van der Waals surface area contributed by atoms with Crippen molar-refractivity contribution in [1.82, 2.24) is 19.3 Å². The number of hydrogen-bond donors (Lipinski definition) is 2. The normalized spacial score (nSPS) is 14.1. The van der Waals surface area contributed by atoms with Crippen molar-refractivity contribution < 1.29 is 22.4 Å². The van der Waals surface area contributed by atoms with Gasteiger partial charge in [-0.2, -0.15) is 18.3 Å². The van der Waals surface area contributed by atoms with Crippen LogP contribution in [0, 0.1) is 11.7 Å². The molecule has 0 saturated heterocycles. The number of nitrogen functional groups attached to an aromatic ring is 1. The fourth-order valence-corrected chi connectivity index (χ4v) is 5.18. The van der Waals surface area contributed by atoms with Crippen molar-refractivity contribution in [3.63, 3.8) is 0 Å². The Bertz CT molecular complexity index is 1890. The number of alkyl halides is 3. The molecule has 0 bridgehead atoms. The van der Waals surface area contributed by atoms with Gasteiger partial charge < -0.3 is 15.6 Å². The van der Waals surface area contributed by atoms with E-state index in [1.165, 1.54) is 36.5 Å². The highest BCUT2D eigenvalue weighted by Gasteiger charge is 2.36. The molecule has 0 radical (unpaired) electrons. The third kappa shape index (κ3) is 5.85. The molecule has 0 spiro atoms. The van der Waals surface area contributed by atoms with E-state index in [-0.39, 0.29) is 22.8 Å². The summed E-state index contributed by atoms with van der Waals surface area (Å²) in [4.78, 5) is 30.1. The fraction of sp³-hybridized carbons (Fsp3) is 0.226. The van der Waals surface area contributed by atoms with Gasteiger partial charge in [0.25, 0.3) is 11.5 Å². The molecule has 1 saturated carbocycles. The zero-order valence-corrected chi connectivity index (χ0v) is 22.7. The van der Waals surface area contributed by atoms with E-state index in [0.717, 1.165) is 23.9 Å². The lowest BCUT2D eigenvalue weighted by molar-refractivity contribution is -0.141. The summed E-state index contributed by atoms with van der Waals surface area (Å²) in [6.45, 7) is 0. The van der Waals surface area contributed by atoms with Crippen molar-refractivity contribution in [1.29, 1.82) is 0 Å². The largest absolute Gasteiger partial charge is 0.435 e. The van der Waals surface area contributed by atoms with Gasteiger partial charge in [-0.1, -0.05) is 31.0 Å². The molecule has 6 rings (SSSR count). The topological polar surface area (TPSA) is 108 Å². The van der Waals surface area contributed by atoms with Crippen LogP contribution in [0.5, 0.6) is 0 Å². The highest BCUT2D eigenvalue weighted by molar-refractivity contribution is 6.04. The summed E-state index contributed by atoms with van der Waals surface area (Å²) in [5, 5.41) is 7.23. The lowest BCUT2D eigenvalue weighted by atomic mass is 9.99. The van der Waals surface area contributed by atoms with Gasteiger partial charge in [0.1, 0.15) is 17.3 Å². The van der Waals surface area contributed by atoms with Gasteiger partial charge in [-0.15, -0.1) is 0 Å². The Labute approximate surface area is 242 Å². The van der Waals surface area contributed by atoms with Gasteiger partial charge in [0.2, 0.25) is 0 Å². The molecular formula is C31H26F4N6O2. The van der Waals surface area contributed by atoms with Gasteiger partial charge in [-0.05, 0) is 66.1 Å². The zero-order chi connectivity index (χ0) is 30.3. The number of nitrogens with one attached hydrogen (secondary N) is 1. The summed E-state index contributed by atoms with van der Waals surface area (Å²) in [5.74, 6) is -1.07. The van der Waals surface area contributed by atoms with Crippen LogP contribution >= 0.6 is 0 Å². The fourth-order valence-electron chi connectivity index (χ4n) is 5.18. The Kier molecular flexibility index (Phi) is 7.20. The predicted octanol–water partition coefficient (Wildman–Crippen LogP) is 6.35. The van der Waals surface area contributed by atoms with Crippen LogP contribution in [0.3, 0.4) is 0 Å². The maximum absolute atomic E-state index is 15.0. The number of carbonyl (C=O) groups excluding carboxylic acids is 1. The monoisotopic (exact) mass is 590 g/mol. The first kappa shape index (κ1) is 28.1. The summed E-state index contributed by atoms with van der Waals surface area (Å²) in [7, 11) is 0. The number of hydrogen-bond acceptors (Lipinski definition) is 5. The van der Waals surface area contributed by atoms with Crippen LogP contribution in [0.15, 0.2) is 83.9 Å². The first-order valence-electron chi connectivity index (χ1n) is 13.7. The molecule has 43 heavy (non-hydrogen) atoms. The Morgan fingerprint density at radius 1 is 1.07 bits per heavy atom. The molecule has 220 valence electrons. The van der Waals surface area contributed by atoms with Crippen LogP contribution in [0.1, 0.15) is 53.5 Å². The average molecular weight is 591 g/mol. The van der Waals surface area contributed by atoms with Crippen molar-refractivity contribution in [3.8, 4) is 5.69 Å². The van der Waals surface area contributed by atoms with Crippen LogP contribution in [0.25, 0.3) is 16.5 Å². The molecule has 3 N–H and O–H groups in total. The Morgan fingerprint density at radius 3 is 2.63 bits per heavy atom. The van der Waals surface area contributed by atoms with Gasteiger partial charge in [-0.25, -0.2) is 14.1 Å². The maximum atomic E-state index is 15.0. The summed E-state index contributed by atoms with van der Waals surface area (Å²) < 4.78 is 58.6. The highest BCUT2D eigenvalue weighted by Crippen LogP contribution is 2.37. The predicted molar refractivity (Wildman–Crippen MR) is 153 cm³/mol. The molecule has 3 aromatic heterocycles. The number of pyridine rings is 2. The molecule has 1 aliphatic rings. The standard InChI is InChI=1S/C31H26F4N6O2/c32-23-10-8-20(25(11-6-18-4-5-18)40-14-2-1-3-28(40)42)15-24(23)38-30(43)26-17-27(31(33,34)35)39-41(26)21-9-7-19-12-13-37-29(36)22(19)16-21/h1-3,7-10,12-18,25H,4-6,11H2,(H2,36,37)(H,38,43).